The van der Waals surface area contributed by atoms with Gasteiger partial charge in [-0.2, -0.15) is 4.89 Å². The lowest BCUT2D eigenvalue weighted by molar-refractivity contribution is -0.479. The molecular formula is C14H17FO3. The molecule has 0 bridgehead atoms. The molecule has 0 amide bonds. The highest BCUT2D eigenvalue weighted by atomic mass is 19.1. The van der Waals surface area contributed by atoms with Gasteiger partial charge in [0.15, 0.2) is 0 Å². The molecule has 4 heteroatoms. The first-order chi connectivity index (χ1) is 8.77. The monoisotopic (exact) mass is 252 g/mol. The fourth-order valence-electron chi connectivity index (χ4n) is 2.62. The van der Waals surface area contributed by atoms with Crippen LogP contribution in [0.4, 0.5) is 4.39 Å². The average Bonchev–Trinajstić information content (AvgIpc) is 2.42. The van der Waals surface area contributed by atoms with Crippen molar-refractivity contribution in [3.63, 3.8) is 0 Å². The van der Waals surface area contributed by atoms with E-state index in [1.165, 1.54) is 18.6 Å². The summed E-state index contributed by atoms with van der Waals surface area (Å²) in [5.74, 6) is -0.265. The van der Waals surface area contributed by atoms with Gasteiger partial charge >= 0.3 is 0 Å². The van der Waals surface area contributed by atoms with Crippen LogP contribution >= 0.6 is 0 Å². The zero-order chi connectivity index (χ0) is 12.4. The Bertz CT molecular complexity index is 388. The normalized spacial score (nSPS) is 27.3. The summed E-state index contributed by atoms with van der Waals surface area (Å²) < 4.78 is 18.6. The molecule has 2 fully saturated rings. The Balaban J connectivity index is 1.64. The molecule has 1 unspecified atom stereocenters. The van der Waals surface area contributed by atoms with Crippen LogP contribution < -0.4 is 0 Å². The largest absolute Gasteiger partial charge is 0.343 e. The van der Waals surface area contributed by atoms with Crippen molar-refractivity contribution in [1.82, 2.24) is 0 Å². The van der Waals surface area contributed by atoms with Crippen LogP contribution in [0.25, 0.3) is 0 Å². The molecule has 3 rings (SSSR count). The fraction of sp³-hybridized carbons (Fsp3) is 0.571. The predicted octanol–water partition coefficient (Wildman–Crippen LogP) is 3.51. The minimum Gasteiger partial charge on any atom is -0.343 e. The van der Waals surface area contributed by atoms with Crippen molar-refractivity contribution in [3.8, 4) is 0 Å². The zero-order valence-electron chi connectivity index (χ0n) is 10.2. The summed E-state index contributed by atoms with van der Waals surface area (Å²) >= 11 is 0. The van der Waals surface area contributed by atoms with E-state index in [1.807, 2.05) is 0 Å². The molecule has 98 valence electrons. The molecule has 1 atom stereocenters. The Morgan fingerprint density at radius 3 is 2.39 bits per heavy atom. The summed E-state index contributed by atoms with van der Waals surface area (Å²) in [6.07, 6.45) is 5.01. The van der Waals surface area contributed by atoms with E-state index in [1.54, 1.807) is 12.1 Å². The van der Waals surface area contributed by atoms with Gasteiger partial charge in [0.05, 0.1) is 6.61 Å². The van der Waals surface area contributed by atoms with Crippen LogP contribution in [0, 0.1) is 5.82 Å². The lowest BCUT2D eigenvalue weighted by Crippen LogP contribution is -2.44. The first-order valence-corrected chi connectivity index (χ1v) is 6.49. The standard InChI is InChI=1S/C14H17FO3/c15-12-6-4-11(5-7-12)13-16-10-14(18-17-13)8-2-1-3-9-14/h4-7,13H,1-3,8-10H2. The summed E-state index contributed by atoms with van der Waals surface area (Å²) in [6.45, 7) is 0.551. The summed E-state index contributed by atoms with van der Waals surface area (Å²) in [4.78, 5) is 10.9. The van der Waals surface area contributed by atoms with Gasteiger partial charge in [-0.25, -0.2) is 9.28 Å². The Labute approximate surface area is 106 Å². The molecule has 1 aliphatic heterocycles. The quantitative estimate of drug-likeness (QED) is 0.716. The molecule has 0 aromatic heterocycles. The van der Waals surface area contributed by atoms with Gasteiger partial charge in [0.2, 0.25) is 6.29 Å². The van der Waals surface area contributed by atoms with Crippen molar-refractivity contribution in [2.45, 2.75) is 44.0 Å². The summed E-state index contributed by atoms with van der Waals surface area (Å²) in [7, 11) is 0. The van der Waals surface area contributed by atoms with Crippen LogP contribution in [0.5, 0.6) is 0 Å². The Morgan fingerprint density at radius 1 is 1.06 bits per heavy atom. The second kappa shape index (κ2) is 4.96. The van der Waals surface area contributed by atoms with Gasteiger partial charge in [-0.1, -0.05) is 31.4 Å². The number of hydrogen-bond acceptors (Lipinski definition) is 3. The van der Waals surface area contributed by atoms with Gasteiger partial charge in [-0.15, -0.1) is 0 Å². The lowest BCUT2D eigenvalue weighted by Gasteiger charge is -2.40. The SMILES string of the molecule is Fc1ccc(C2OCC3(CCCCC3)OO2)cc1. The van der Waals surface area contributed by atoms with Crippen molar-refractivity contribution in [1.29, 1.82) is 0 Å². The molecule has 0 radical (unpaired) electrons. The van der Waals surface area contributed by atoms with E-state index in [0.717, 1.165) is 31.2 Å². The number of benzene rings is 1. The number of hydrogen-bond donors (Lipinski definition) is 0. The van der Waals surface area contributed by atoms with Gasteiger partial charge in [0.25, 0.3) is 0 Å². The first kappa shape index (κ1) is 12.1. The number of rotatable bonds is 1. The fourth-order valence-corrected chi connectivity index (χ4v) is 2.62. The van der Waals surface area contributed by atoms with Crippen LogP contribution in [0.15, 0.2) is 24.3 Å². The molecule has 1 heterocycles. The molecule has 1 saturated heterocycles. The Kier molecular flexibility index (Phi) is 3.33. The van der Waals surface area contributed by atoms with E-state index in [-0.39, 0.29) is 11.4 Å². The highest BCUT2D eigenvalue weighted by Gasteiger charge is 2.40. The molecule has 1 aromatic rings. The maximum absolute atomic E-state index is 12.8. The molecule has 2 aliphatic rings. The van der Waals surface area contributed by atoms with Crippen molar-refractivity contribution in [2.75, 3.05) is 6.61 Å². The van der Waals surface area contributed by atoms with Crippen molar-refractivity contribution in [3.05, 3.63) is 35.6 Å². The molecule has 1 spiro atoms. The molecule has 0 N–H and O–H groups in total. The molecule has 1 aliphatic carbocycles. The third-order valence-electron chi connectivity index (χ3n) is 3.72. The Morgan fingerprint density at radius 2 is 1.78 bits per heavy atom. The van der Waals surface area contributed by atoms with Crippen LogP contribution in [0.2, 0.25) is 0 Å². The maximum atomic E-state index is 12.8. The second-order valence-corrected chi connectivity index (χ2v) is 5.12. The van der Waals surface area contributed by atoms with Crippen molar-refractivity contribution in [2.24, 2.45) is 0 Å². The van der Waals surface area contributed by atoms with Gasteiger partial charge in [-0.05, 0) is 25.0 Å². The summed E-state index contributed by atoms with van der Waals surface area (Å²) in [5.41, 5.74) is 0.525. The van der Waals surface area contributed by atoms with E-state index >= 15 is 0 Å². The minimum absolute atomic E-state index is 0.255. The molecule has 18 heavy (non-hydrogen) atoms. The third-order valence-corrected chi connectivity index (χ3v) is 3.72. The molecule has 3 nitrogen and oxygen atoms in total. The first-order valence-electron chi connectivity index (χ1n) is 6.49. The smallest absolute Gasteiger partial charge is 0.217 e. The number of halogens is 1. The van der Waals surface area contributed by atoms with E-state index in [4.69, 9.17) is 14.5 Å². The minimum atomic E-state index is -0.543. The van der Waals surface area contributed by atoms with Gasteiger partial charge in [0, 0.05) is 5.56 Å². The van der Waals surface area contributed by atoms with Gasteiger partial charge in [-0.3, -0.25) is 0 Å². The number of ether oxygens (including phenoxy) is 1. The summed E-state index contributed by atoms with van der Waals surface area (Å²) in [5, 5.41) is 0. The Hall–Kier alpha value is -0.970. The van der Waals surface area contributed by atoms with Crippen LogP contribution in [-0.4, -0.2) is 12.2 Å². The highest BCUT2D eigenvalue weighted by molar-refractivity contribution is 5.17. The molecule has 1 aromatic carbocycles. The third kappa shape index (κ3) is 2.41. The average molecular weight is 252 g/mol. The van der Waals surface area contributed by atoms with Crippen molar-refractivity contribution < 1.29 is 18.9 Å². The predicted molar refractivity (Wildman–Crippen MR) is 63.1 cm³/mol. The molecular weight excluding hydrogens is 235 g/mol. The molecule has 1 saturated carbocycles. The van der Waals surface area contributed by atoms with Gasteiger partial charge in [0.1, 0.15) is 11.4 Å². The highest BCUT2D eigenvalue weighted by Crippen LogP contribution is 2.38. The van der Waals surface area contributed by atoms with Gasteiger partial charge < -0.3 is 4.74 Å². The van der Waals surface area contributed by atoms with E-state index in [2.05, 4.69) is 0 Å². The lowest BCUT2D eigenvalue weighted by atomic mass is 9.85. The van der Waals surface area contributed by atoms with Crippen molar-refractivity contribution >= 4 is 0 Å². The van der Waals surface area contributed by atoms with E-state index < -0.39 is 6.29 Å². The summed E-state index contributed by atoms with van der Waals surface area (Å²) in [6, 6.07) is 6.10. The van der Waals surface area contributed by atoms with Crippen LogP contribution in [-0.2, 0) is 14.5 Å². The maximum Gasteiger partial charge on any atom is 0.217 e. The zero-order valence-corrected chi connectivity index (χ0v) is 10.2. The van der Waals surface area contributed by atoms with Crippen LogP contribution in [0.3, 0.4) is 0 Å². The van der Waals surface area contributed by atoms with Crippen LogP contribution in [0.1, 0.15) is 44.0 Å². The van der Waals surface area contributed by atoms with E-state index in [0.29, 0.717) is 6.61 Å². The topological polar surface area (TPSA) is 27.7 Å². The van der Waals surface area contributed by atoms with E-state index in [9.17, 15) is 4.39 Å². The second-order valence-electron chi connectivity index (χ2n) is 5.12.